The van der Waals surface area contributed by atoms with Crippen LogP contribution in [0.2, 0.25) is 0 Å². The zero-order chi connectivity index (χ0) is 27.8. The van der Waals surface area contributed by atoms with Crippen LogP contribution in [0.5, 0.6) is 5.88 Å². The van der Waals surface area contributed by atoms with Crippen molar-refractivity contribution in [3.8, 4) is 17.3 Å². The molecule has 1 saturated carbocycles. The number of imidazole rings is 1. The summed E-state index contributed by atoms with van der Waals surface area (Å²) in [5.74, 6) is 1.09. The maximum atomic E-state index is 9.20. The molecule has 4 aromatic rings. The molecular formula is C28H38N6O5. The molecule has 5 rings (SSSR count). The second kappa shape index (κ2) is 10.7. The third kappa shape index (κ3) is 6.01. The number of nitrogens with zero attached hydrogens (tertiary/aromatic N) is 5. The Morgan fingerprint density at radius 1 is 1.18 bits per heavy atom. The van der Waals surface area contributed by atoms with Crippen molar-refractivity contribution in [3.05, 3.63) is 36.7 Å². The number of hydrogen-bond acceptors (Lipinski definition) is 10. The van der Waals surface area contributed by atoms with Gasteiger partial charge in [0.25, 0.3) is 0 Å². The van der Waals surface area contributed by atoms with E-state index in [1.54, 1.807) is 24.0 Å². The number of rotatable bonds is 11. The van der Waals surface area contributed by atoms with Crippen molar-refractivity contribution < 1.29 is 23.7 Å². The Morgan fingerprint density at radius 2 is 1.97 bits per heavy atom. The number of anilines is 1. The van der Waals surface area contributed by atoms with E-state index in [4.69, 9.17) is 23.7 Å². The van der Waals surface area contributed by atoms with Crippen molar-refractivity contribution in [1.29, 1.82) is 0 Å². The van der Waals surface area contributed by atoms with Gasteiger partial charge < -0.3 is 28.6 Å². The van der Waals surface area contributed by atoms with Gasteiger partial charge in [0.05, 0.1) is 17.2 Å². The minimum atomic E-state index is -0.869. The Balaban J connectivity index is 1.30. The molecule has 1 aliphatic rings. The molecule has 1 unspecified atom stereocenters. The van der Waals surface area contributed by atoms with Crippen molar-refractivity contribution in [3.63, 3.8) is 0 Å². The molecule has 11 heteroatoms. The second-order valence-electron chi connectivity index (χ2n) is 11.2. The number of furan rings is 1. The molecule has 210 valence electrons. The first kappa shape index (κ1) is 27.3. The average molecular weight is 539 g/mol. The number of hydrogen-bond donors (Lipinski definition) is 2. The molecular weight excluding hydrogens is 500 g/mol. The zero-order valence-electron chi connectivity index (χ0n) is 23.5. The fraction of sp³-hybridized carbons (Fsp3) is 0.536. The molecule has 1 fully saturated rings. The summed E-state index contributed by atoms with van der Waals surface area (Å²) in [5, 5.41) is 18.3. The highest BCUT2D eigenvalue weighted by Crippen LogP contribution is 2.33. The molecule has 1 aliphatic carbocycles. The van der Waals surface area contributed by atoms with Crippen LogP contribution in [0.15, 0.2) is 41.1 Å². The second-order valence-corrected chi connectivity index (χ2v) is 11.2. The van der Waals surface area contributed by atoms with Gasteiger partial charge in [-0.3, -0.25) is 5.32 Å². The van der Waals surface area contributed by atoms with E-state index in [2.05, 4.69) is 15.3 Å². The summed E-state index contributed by atoms with van der Waals surface area (Å²) in [7, 11) is 3.60. The minimum absolute atomic E-state index is 0.0319. The van der Waals surface area contributed by atoms with E-state index in [1.165, 1.54) is 0 Å². The molecule has 1 atom stereocenters. The lowest BCUT2D eigenvalue weighted by Gasteiger charge is -2.43. The fourth-order valence-electron chi connectivity index (χ4n) is 4.92. The molecule has 2 N–H and O–H groups in total. The number of aromatic nitrogens is 4. The lowest BCUT2D eigenvalue weighted by Crippen LogP contribution is -2.59. The third-order valence-corrected chi connectivity index (χ3v) is 6.77. The number of pyridine rings is 1. The van der Waals surface area contributed by atoms with E-state index >= 15 is 0 Å². The van der Waals surface area contributed by atoms with Gasteiger partial charge in [-0.2, -0.15) is 0 Å². The third-order valence-electron chi connectivity index (χ3n) is 6.77. The van der Waals surface area contributed by atoms with Crippen molar-refractivity contribution in [2.24, 2.45) is 0 Å². The van der Waals surface area contributed by atoms with Crippen LogP contribution >= 0.6 is 0 Å². The topological polar surface area (TPSA) is 119 Å². The van der Waals surface area contributed by atoms with E-state index in [-0.39, 0.29) is 24.4 Å². The number of methoxy groups -OCH3 is 1. The van der Waals surface area contributed by atoms with Crippen molar-refractivity contribution in [2.75, 3.05) is 32.2 Å². The van der Waals surface area contributed by atoms with Crippen LogP contribution in [0.3, 0.4) is 0 Å². The lowest BCUT2D eigenvalue weighted by atomic mass is 9.89. The first-order valence-corrected chi connectivity index (χ1v) is 13.3. The summed E-state index contributed by atoms with van der Waals surface area (Å²) in [6.07, 6.45) is 5.79. The lowest BCUT2D eigenvalue weighted by molar-refractivity contribution is -0.281. The highest BCUT2D eigenvalue weighted by molar-refractivity contribution is 5.91. The Labute approximate surface area is 228 Å². The van der Waals surface area contributed by atoms with Crippen LogP contribution in [0.4, 0.5) is 5.82 Å². The first-order valence-electron chi connectivity index (χ1n) is 13.3. The summed E-state index contributed by atoms with van der Waals surface area (Å²) in [4.78, 5) is 11.1. The monoisotopic (exact) mass is 538 g/mol. The Hall–Kier alpha value is -3.25. The molecule has 39 heavy (non-hydrogen) atoms. The predicted molar refractivity (Wildman–Crippen MR) is 148 cm³/mol. The molecule has 0 amide bonds. The van der Waals surface area contributed by atoms with Gasteiger partial charge in [0.15, 0.2) is 11.4 Å². The summed E-state index contributed by atoms with van der Waals surface area (Å²) < 4.78 is 25.8. The van der Waals surface area contributed by atoms with E-state index < -0.39 is 5.91 Å². The van der Waals surface area contributed by atoms with Gasteiger partial charge in [-0.1, -0.05) is 0 Å². The van der Waals surface area contributed by atoms with Crippen molar-refractivity contribution in [2.45, 2.75) is 70.6 Å². The SMILES string of the molecule is COC(C)(NC1CC(Oc2ccc3ncc(-c4cc5c(N(C)CCCO)nccc5o4)n3n2)C1)OC(C)(C)C. The van der Waals surface area contributed by atoms with Gasteiger partial charge in [0.1, 0.15) is 23.2 Å². The summed E-state index contributed by atoms with van der Waals surface area (Å²) in [5.41, 5.74) is 1.80. The number of aliphatic hydroxyl groups excluding tert-OH is 1. The maximum absolute atomic E-state index is 9.20. The van der Waals surface area contributed by atoms with Crippen molar-refractivity contribution >= 4 is 22.4 Å². The van der Waals surface area contributed by atoms with E-state index in [9.17, 15) is 5.11 Å². The average Bonchev–Trinajstić information content (AvgIpc) is 3.48. The van der Waals surface area contributed by atoms with Gasteiger partial charge in [-0.15, -0.1) is 5.10 Å². The fourth-order valence-corrected chi connectivity index (χ4v) is 4.92. The smallest absolute Gasteiger partial charge is 0.232 e. The summed E-state index contributed by atoms with van der Waals surface area (Å²) >= 11 is 0. The van der Waals surface area contributed by atoms with Gasteiger partial charge in [-0.05, 0) is 45.4 Å². The predicted octanol–water partition coefficient (Wildman–Crippen LogP) is 3.99. The quantitative estimate of drug-likeness (QED) is 0.271. The number of ether oxygens (including phenoxy) is 3. The van der Waals surface area contributed by atoms with Crippen LogP contribution in [0, 0.1) is 0 Å². The summed E-state index contributed by atoms with van der Waals surface area (Å²) in [6, 6.07) is 7.74. The molecule has 0 bridgehead atoms. The number of aliphatic hydroxyl groups is 1. The summed E-state index contributed by atoms with van der Waals surface area (Å²) in [6.45, 7) is 8.72. The minimum Gasteiger partial charge on any atom is -0.473 e. The normalized spacial score (nSPS) is 19.3. The van der Waals surface area contributed by atoms with Gasteiger partial charge in [0.2, 0.25) is 11.8 Å². The van der Waals surface area contributed by atoms with Crippen LogP contribution in [0.1, 0.15) is 47.0 Å². The Kier molecular flexibility index (Phi) is 7.51. The molecule has 0 aromatic carbocycles. The highest BCUT2D eigenvalue weighted by atomic mass is 16.7. The van der Waals surface area contributed by atoms with Crippen LogP contribution in [0.25, 0.3) is 28.1 Å². The molecule has 4 aromatic heterocycles. The van der Waals surface area contributed by atoms with E-state index in [0.717, 1.165) is 35.3 Å². The highest BCUT2D eigenvalue weighted by Gasteiger charge is 2.39. The molecule has 0 radical (unpaired) electrons. The van der Waals surface area contributed by atoms with Gasteiger partial charge in [-0.25, -0.2) is 14.5 Å². The zero-order valence-corrected chi connectivity index (χ0v) is 23.5. The van der Waals surface area contributed by atoms with E-state index in [0.29, 0.717) is 30.3 Å². The molecule has 0 saturated heterocycles. The van der Waals surface area contributed by atoms with Crippen molar-refractivity contribution in [1.82, 2.24) is 24.9 Å². The first-order chi connectivity index (χ1) is 18.6. The van der Waals surface area contributed by atoms with Crippen LogP contribution < -0.4 is 15.0 Å². The van der Waals surface area contributed by atoms with Gasteiger partial charge >= 0.3 is 0 Å². The van der Waals surface area contributed by atoms with Crippen LogP contribution in [-0.2, 0) is 9.47 Å². The van der Waals surface area contributed by atoms with Crippen LogP contribution in [-0.4, -0.2) is 75.7 Å². The largest absolute Gasteiger partial charge is 0.473 e. The molecule has 0 spiro atoms. The molecule has 0 aliphatic heterocycles. The number of nitrogens with one attached hydrogen (secondary N) is 1. The Bertz CT molecular complexity index is 1420. The van der Waals surface area contributed by atoms with Gasteiger partial charge in [0, 0.05) is 65.4 Å². The molecule has 4 heterocycles. The molecule has 11 nitrogen and oxygen atoms in total. The Morgan fingerprint density at radius 3 is 2.69 bits per heavy atom. The standard InChI is InChI=1S/C28H38N6O5/c1-27(2,3)39-28(4,36-6)31-18-14-19(15-18)37-25-9-8-24-30-17-21(34(24)32-25)23-16-20-22(38-23)10-11-29-26(20)33(5)12-7-13-35/h8-11,16-19,31,35H,7,12-15H2,1-6H3. The maximum Gasteiger partial charge on any atom is 0.232 e. The van der Waals surface area contributed by atoms with E-state index in [1.807, 2.05) is 63.9 Å². The number of fused-ring (bicyclic) bond motifs is 2.